The zero-order valence-electron chi connectivity index (χ0n) is 13.9. The Morgan fingerprint density at radius 2 is 2.25 bits per heavy atom. The van der Waals surface area contributed by atoms with Gasteiger partial charge >= 0.3 is 0 Å². The predicted octanol–water partition coefficient (Wildman–Crippen LogP) is 2.02. The zero-order valence-corrected chi connectivity index (χ0v) is 14.7. The van der Waals surface area contributed by atoms with Crippen molar-refractivity contribution in [2.75, 3.05) is 26.0 Å². The summed E-state index contributed by atoms with van der Waals surface area (Å²) in [6.45, 7) is 3.88. The number of carbonyl (C=O) groups is 1. The van der Waals surface area contributed by atoms with E-state index in [0.717, 1.165) is 25.2 Å². The van der Waals surface area contributed by atoms with Crippen LogP contribution < -0.4 is 4.74 Å². The minimum absolute atomic E-state index is 0.140. The molecule has 3 rings (SSSR count). The highest BCUT2D eigenvalue weighted by Crippen LogP contribution is 2.26. The molecule has 0 spiro atoms. The third kappa shape index (κ3) is 3.69. The Bertz CT molecular complexity index is 705. The molecule has 8 heteroatoms. The van der Waals surface area contributed by atoms with Crippen LogP contribution in [-0.4, -0.2) is 57.0 Å². The second-order valence-corrected chi connectivity index (χ2v) is 6.86. The summed E-state index contributed by atoms with van der Waals surface area (Å²) < 4.78 is 6.96. The fourth-order valence-electron chi connectivity index (χ4n) is 2.86. The summed E-state index contributed by atoms with van der Waals surface area (Å²) in [5, 5.41) is 12.4. The minimum atomic E-state index is 0.140. The average molecular weight is 347 g/mol. The molecule has 1 fully saturated rings. The highest BCUT2D eigenvalue weighted by Gasteiger charge is 2.22. The summed E-state index contributed by atoms with van der Waals surface area (Å²) in [7, 11) is 1.61. The normalized spacial score (nSPS) is 17.8. The van der Waals surface area contributed by atoms with Crippen LogP contribution in [0.5, 0.6) is 5.75 Å². The summed E-state index contributed by atoms with van der Waals surface area (Å²) >= 11 is 1.35. The van der Waals surface area contributed by atoms with Crippen molar-refractivity contribution in [2.45, 2.75) is 24.9 Å². The topological polar surface area (TPSA) is 73.1 Å². The van der Waals surface area contributed by atoms with Gasteiger partial charge < -0.3 is 9.64 Å². The fourth-order valence-corrected chi connectivity index (χ4v) is 3.64. The molecule has 2 heterocycles. The Hall–Kier alpha value is -2.09. The molecule has 0 bridgehead atoms. The number of para-hydroxylation sites is 2. The molecule has 1 amide bonds. The lowest BCUT2D eigenvalue weighted by Gasteiger charge is -2.30. The highest BCUT2D eigenvalue weighted by atomic mass is 32.2. The molecule has 1 aliphatic heterocycles. The Morgan fingerprint density at radius 3 is 3.04 bits per heavy atom. The SMILES string of the molecule is COc1ccccc1-n1nnnc1SCC(=O)N1CCC[C@@H](C)C1. The van der Waals surface area contributed by atoms with E-state index in [-0.39, 0.29) is 5.91 Å². The molecule has 24 heavy (non-hydrogen) atoms. The lowest BCUT2D eigenvalue weighted by Crippen LogP contribution is -2.40. The summed E-state index contributed by atoms with van der Waals surface area (Å²) in [6, 6.07) is 7.52. The van der Waals surface area contributed by atoms with Crippen molar-refractivity contribution < 1.29 is 9.53 Å². The van der Waals surface area contributed by atoms with Gasteiger partial charge in [0.1, 0.15) is 11.4 Å². The van der Waals surface area contributed by atoms with E-state index in [0.29, 0.717) is 22.6 Å². The first-order valence-corrected chi connectivity index (χ1v) is 9.00. The Labute approximate surface area is 145 Å². The van der Waals surface area contributed by atoms with Crippen molar-refractivity contribution in [3.05, 3.63) is 24.3 Å². The number of benzene rings is 1. The van der Waals surface area contributed by atoms with Gasteiger partial charge in [-0.1, -0.05) is 30.8 Å². The van der Waals surface area contributed by atoms with Gasteiger partial charge in [-0.15, -0.1) is 5.10 Å². The Kier molecular flexibility index (Phi) is 5.34. The molecule has 0 N–H and O–H groups in total. The van der Waals surface area contributed by atoms with Crippen LogP contribution in [0.4, 0.5) is 0 Å². The van der Waals surface area contributed by atoms with Gasteiger partial charge in [0, 0.05) is 13.1 Å². The molecule has 7 nitrogen and oxygen atoms in total. The first kappa shape index (κ1) is 16.8. The van der Waals surface area contributed by atoms with E-state index in [1.165, 1.54) is 18.2 Å². The van der Waals surface area contributed by atoms with Gasteiger partial charge in [-0.3, -0.25) is 4.79 Å². The zero-order chi connectivity index (χ0) is 16.9. The number of piperidine rings is 1. The number of amides is 1. The van der Waals surface area contributed by atoms with Crippen molar-refractivity contribution in [1.29, 1.82) is 0 Å². The molecule has 1 atom stereocenters. The predicted molar refractivity (Wildman–Crippen MR) is 91.4 cm³/mol. The molecule has 2 aromatic rings. The number of nitrogens with zero attached hydrogens (tertiary/aromatic N) is 5. The molecule has 1 aliphatic rings. The third-order valence-corrected chi connectivity index (χ3v) is 4.99. The van der Waals surface area contributed by atoms with Crippen molar-refractivity contribution in [3.8, 4) is 11.4 Å². The molecule has 0 saturated carbocycles. The number of rotatable bonds is 5. The lowest BCUT2D eigenvalue weighted by atomic mass is 10.0. The standard InChI is InChI=1S/C16H21N5O2S/c1-12-6-5-9-20(10-12)15(22)11-24-16-17-18-19-21(16)13-7-3-4-8-14(13)23-2/h3-4,7-8,12H,5-6,9-11H2,1-2H3/t12-/m1/s1. The molecule has 1 aromatic heterocycles. The molecular formula is C16H21N5O2S. The fraction of sp³-hybridized carbons (Fsp3) is 0.500. The smallest absolute Gasteiger partial charge is 0.233 e. The number of hydrogen-bond acceptors (Lipinski definition) is 6. The highest BCUT2D eigenvalue weighted by molar-refractivity contribution is 7.99. The van der Waals surface area contributed by atoms with Gasteiger partial charge in [0.05, 0.1) is 12.9 Å². The van der Waals surface area contributed by atoms with E-state index in [1.807, 2.05) is 29.2 Å². The lowest BCUT2D eigenvalue weighted by molar-refractivity contribution is -0.130. The molecule has 0 radical (unpaired) electrons. The number of tetrazole rings is 1. The molecule has 1 saturated heterocycles. The van der Waals surface area contributed by atoms with E-state index < -0.39 is 0 Å². The van der Waals surface area contributed by atoms with Gasteiger partial charge in [-0.2, -0.15) is 4.68 Å². The number of hydrogen-bond donors (Lipinski definition) is 0. The van der Waals surface area contributed by atoms with Crippen molar-refractivity contribution in [3.63, 3.8) is 0 Å². The maximum atomic E-state index is 12.4. The summed E-state index contributed by atoms with van der Waals surface area (Å²) in [5.74, 6) is 1.73. The van der Waals surface area contributed by atoms with Crippen LogP contribution in [0.15, 0.2) is 29.4 Å². The van der Waals surface area contributed by atoms with Crippen LogP contribution in [0, 0.1) is 5.92 Å². The number of thioether (sulfide) groups is 1. The van der Waals surface area contributed by atoms with E-state index in [4.69, 9.17) is 4.74 Å². The Balaban J connectivity index is 1.69. The average Bonchev–Trinajstić information content (AvgIpc) is 3.08. The summed E-state index contributed by atoms with van der Waals surface area (Å²) in [4.78, 5) is 14.4. The van der Waals surface area contributed by atoms with Gasteiger partial charge in [-0.25, -0.2) is 0 Å². The molecule has 0 unspecified atom stereocenters. The van der Waals surface area contributed by atoms with Crippen LogP contribution in [-0.2, 0) is 4.79 Å². The van der Waals surface area contributed by atoms with Crippen molar-refractivity contribution >= 4 is 17.7 Å². The summed E-state index contributed by atoms with van der Waals surface area (Å²) in [6.07, 6.45) is 2.28. The number of carbonyl (C=O) groups excluding carboxylic acids is 1. The molecule has 0 aliphatic carbocycles. The van der Waals surface area contributed by atoms with Crippen LogP contribution in [0.2, 0.25) is 0 Å². The first-order chi connectivity index (χ1) is 11.7. The van der Waals surface area contributed by atoms with Gasteiger partial charge in [0.15, 0.2) is 0 Å². The van der Waals surface area contributed by atoms with Crippen LogP contribution in [0.1, 0.15) is 19.8 Å². The van der Waals surface area contributed by atoms with E-state index in [9.17, 15) is 4.79 Å². The molecular weight excluding hydrogens is 326 g/mol. The van der Waals surface area contributed by atoms with E-state index in [1.54, 1.807) is 11.8 Å². The maximum absolute atomic E-state index is 12.4. The van der Waals surface area contributed by atoms with Crippen LogP contribution >= 0.6 is 11.8 Å². The molecule has 1 aromatic carbocycles. The number of aromatic nitrogens is 4. The maximum Gasteiger partial charge on any atom is 0.233 e. The quantitative estimate of drug-likeness (QED) is 0.771. The van der Waals surface area contributed by atoms with Gasteiger partial charge in [0.25, 0.3) is 0 Å². The largest absolute Gasteiger partial charge is 0.494 e. The van der Waals surface area contributed by atoms with Crippen molar-refractivity contribution in [1.82, 2.24) is 25.1 Å². The number of methoxy groups -OCH3 is 1. The van der Waals surface area contributed by atoms with Crippen LogP contribution in [0.3, 0.4) is 0 Å². The van der Waals surface area contributed by atoms with E-state index >= 15 is 0 Å². The molecule has 128 valence electrons. The third-order valence-electron chi connectivity index (χ3n) is 4.09. The summed E-state index contributed by atoms with van der Waals surface area (Å²) in [5.41, 5.74) is 0.756. The monoisotopic (exact) mass is 347 g/mol. The second-order valence-electron chi connectivity index (χ2n) is 5.92. The first-order valence-electron chi connectivity index (χ1n) is 8.01. The minimum Gasteiger partial charge on any atom is -0.494 e. The van der Waals surface area contributed by atoms with Gasteiger partial charge in [0.2, 0.25) is 11.1 Å². The Morgan fingerprint density at radius 1 is 1.42 bits per heavy atom. The van der Waals surface area contributed by atoms with Gasteiger partial charge in [-0.05, 0) is 41.3 Å². The van der Waals surface area contributed by atoms with E-state index in [2.05, 4.69) is 22.4 Å². The van der Waals surface area contributed by atoms with Crippen LogP contribution in [0.25, 0.3) is 5.69 Å². The van der Waals surface area contributed by atoms with Crippen molar-refractivity contribution in [2.24, 2.45) is 5.92 Å². The number of likely N-dealkylation sites (tertiary alicyclic amines) is 1. The number of ether oxygens (including phenoxy) is 1. The second kappa shape index (κ2) is 7.65.